The number of alkyl carbamates (subject to hydrolysis) is 1. The van der Waals surface area contributed by atoms with Crippen molar-refractivity contribution in [1.29, 1.82) is 0 Å². The molecule has 0 spiro atoms. The predicted molar refractivity (Wildman–Crippen MR) is 77.3 cm³/mol. The average Bonchev–Trinajstić information content (AvgIpc) is 2.34. The summed E-state index contributed by atoms with van der Waals surface area (Å²) in [6.45, 7) is 7.43. The zero-order chi connectivity index (χ0) is 15.2. The SMILES string of the molecule is CC(C)(C)OC(=O)NC1CCN(C(=O)CCCN)CC1. The van der Waals surface area contributed by atoms with Gasteiger partial charge < -0.3 is 20.7 Å². The molecule has 0 aliphatic carbocycles. The summed E-state index contributed by atoms with van der Waals surface area (Å²) in [5.41, 5.74) is 4.92. The van der Waals surface area contributed by atoms with Gasteiger partial charge in [0.25, 0.3) is 0 Å². The summed E-state index contributed by atoms with van der Waals surface area (Å²) in [6.07, 6.45) is 2.40. The number of nitrogens with one attached hydrogen (secondary N) is 1. The zero-order valence-electron chi connectivity index (χ0n) is 12.8. The second-order valence-corrected chi connectivity index (χ2v) is 6.19. The van der Waals surface area contributed by atoms with Gasteiger partial charge in [0.2, 0.25) is 5.91 Å². The Hall–Kier alpha value is -1.30. The van der Waals surface area contributed by atoms with Crippen LogP contribution in [0.15, 0.2) is 0 Å². The highest BCUT2D eigenvalue weighted by molar-refractivity contribution is 5.76. The Kier molecular flexibility index (Phi) is 6.26. The lowest BCUT2D eigenvalue weighted by Gasteiger charge is -2.33. The number of piperidine rings is 1. The monoisotopic (exact) mass is 285 g/mol. The number of hydrogen-bond acceptors (Lipinski definition) is 4. The second kappa shape index (κ2) is 7.47. The van der Waals surface area contributed by atoms with E-state index in [1.54, 1.807) is 0 Å². The summed E-state index contributed by atoms with van der Waals surface area (Å²) in [5.74, 6) is 0.158. The van der Waals surface area contributed by atoms with Gasteiger partial charge in [0, 0.05) is 25.6 Å². The smallest absolute Gasteiger partial charge is 0.407 e. The third-order valence-electron chi connectivity index (χ3n) is 3.16. The van der Waals surface area contributed by atoms with Crippen molar-refractivity contribution >= 4 is 12.0 Å². The number of amides is 2. The van der Waals surface area contributed by atoms with E-state index >= 15 is 0 Å². The first-order valence-electron chi connectivity index (χ1n) is 7.29. The van der Waals surface area contributed by atoms with Crippen LogP contribution in [0.5, 0.6) is 0 Å². The molecule has 0 unspecified atom stereocenters. The lowest BCUT2D eigenvalue weighted by Crippen LogP contribution is -2.47. The molecule has 6 nitrogen and oxygen atoms in total. The van der Waals surface area contributed by atoms with Crippen LogP contribution in [0, 0.1) is 0 Å². The van der Waals surface area contributed by atoms with Crippen LogP contribution in [-0.4, -0.2) is 48.2 Å². The molecule has 0 bridgehead atoms. The number of nitrogens with zero attached hydrogens (tertiary/aromatic N) is 1. The molecule has 1 rings (SSSR count). The lowest BCUT2D eigenvalue weighted by atomic mass is 10.0. The van der Waals surface area contributed by atoms with Crippen LogP contribution in [0.1, 0.15) is 46.5 Å². The summed E-state index contributed by atoms with van der Waals surface area (Å²) in [6, 6.07) is 0.0865. The van der Waals surface area contributed by atoms with Gasteiger partial charge >= 0.3 is 6.09 Å². The van der Waals surface area contributed by atoms with Crippen LogP contribution in [-0.2, 0) is 9.53 Å². The highest BCUT2D eigenvalue weighted by atomic mass is 16.6. The molecule has 1 saturated heterocycles. The normalized spacial score (nSPS) is 16.9. The molecule has 1 heterocycles. The first kappa shape index (κ1) is 16.8. The second-order valence-electron chi connectivity index (χ2n) is 6.19. The van der Waals surface area contributed by atoms with Crippen LogP contribution in [0.3, 0.4) is 0 Å². The van der Waals surface area contributed by atoms with Gasteiger partial charge in [-0.15, -0.1) is 0 Å². The number of ether oxygens (including phenoxy) is 1. The van der Waals surface area contributed by atoms with Crippen molar-refractivity contribution in [2.24, 2.45) is 5.73 Å². The summed E-state index contributed by atoms with van der Waals surface area (Å²) >= 11 is 0. The average molecular weight is 285 g/mol. The topological polar surface area (TPSA) is 84.7 Å². The number of rotatable bonds is 4. The Morgan fingerprint density at radius 3 is 2.40 bits per heavy atom. The predicted octanol–water partition coefficient (Wildman–Crippen LogP) is 1.24. The van der Waals surface area contributed by atoms with E-state index in [0.29, 0.717) is 26.1 Å². The molecule has 0 saturated carbocycles. The first-order valence-corrected chi connectivity index (χ1v) is 7.29. The fraction of sp³-hybridized carbons (Fsp3) is 0.857. The van der Waals surface area contributed by atoms with Crippen molar-refractivity contribution < 1.29 is 14.3 Å². The van der Waals surface area contributed by atoms with Gasteiger partial charge in [-0.1, -0.05) is 0 Å². The van der Waals surface area contributed by atoms with Crippen LogP contribution < -0.4 is 11.1 Å². The summed E-state index contributed by atoms with van der Waals surface area (Å²) in [7, 11) is 0. The van der Waals surface area contributed by atoms with E-state index in [4.69, 9.17) is 10.5 Å². The Bertz CT molecular complexity index is 331. The molecule has 1 aliphatic heterocycles. The summed E-state index contributed by atoms with van der Waals surface area (Å²) < 4.78 is 5.22. The first-order chi connectivity index (χ1) is 9.31. The molecular formula is C14H27N3O3. The van der Waals surface area contributed by atoms with Crippen LogP contribution >= 0.6 is 0 Å². The molecule has 1 aliphatic rings. The minimum absolute atomic E-state index is 0.0865. The zero-order valence-corrected chi connectivity index (χ0v) is 12.8. The van der Waals surface area contributed by atoms with Gasteiger partial charge in [0.1, 0.15) is 5.60 Å². The molecule has 6 heteroatoms. The number of carbonyl (C=O) groups excluding carboxylic acids is 2. The van der Waals surface area contributed by atoms with Crippen molar-refractivity contribution in [3.63, 3.8) is 0 Å². The number of carbonyl (C=O) groups is 2. The van der Waals surface area contributed by atoms with E-state index in [1.807, 2.05) is 25.7 Å². The van der Waals surface area contributed by atoms with Gasteiger partial charge in [0.15, 0.2) is 0 Å². The molecule has 1 fully saturated rings. The van der Waals surface area contributed by atoms with E-state index in [1.165, 1.54) is 0 Å². The molecule has 0 aromatic carbocycles. The fourth-order valence-corrected chi connectivity index (χ4v) is 2.16. The highest BCUT2D eigenvalue weighted by Gasteiger charge is 2.25. The van der Waals surface area contributed by atoms with Crippen LogP contribution in [0.2, 0.25) is 0 Å². The van der Waals surface area contributed by atoms with E-state index in [9.17, 15) is 9.59 Å². The molecule has 0 atom stereocenters. The fourth-order valence-electron chi connectivity index (χ4n) is 2.16. The molecule has 0 radical (unpaired) electrons. The van der Waals surface area contributed by atoms with Gasteiger partial charge in [0.05, 0.1) is 0 Å². The lowest BCUT2D eigenvalue weighted by molar-refractivity contribution is -0.132. The standard InChI is InChI=1S/C14H27N3O3/c1-14(2,3)20-13(19)16-11-6-9-17(10-7-11)12(18)5-4-8-15/h11H,4-10,15H2,1-3H3,(H,16,19). The van der Waals surface area contributed by atoms with Gasteiger partial charge in [-0.3, -0.25) is 4.79 Å². The maximum absolute atomic E-state index is 11.8. The van der Waals surface area contributed by atoms with Gasteiger partial charge in [-0.25, -0.2) is 4.79 Å². The van der Waals surface area contributed by atoms with Crippen molar-refractivity contribution in [1.82, 2.24) is 10.2 Å². The maximum atomic E-state index is 11.8. The van der Waals surface area contributed by atoms with Gasteiger partial charge in [-0.05, 0) is 46.6 Å². The van der Waals surface area contributed by atoms with E-state index in [0.717, 1.165) is 19.3 Å². The Balaban J connectivity index is 2.28. The van der Waals surface area contributed by atoms with Crippen molar-refractivity contribution in [2.45, 2.75) is 58.1 Å². The summed E-state index contributed by atoms with van der Waals surface area (Å²) in [5, 5.41) is 2.86. The summed E-state index contributed by atoms with van der Waals surface area (Å²) in [4.78, 5) is 25.3. The number of nitrogens with two attached hydrogens (primary N) is 1. The number of likely N-dealkylation sites (tertiary alicyclic amines) is 1. The van der Waals surface area contributed by atoms with E-state index < -0.39 is 5.60 Å². The van der Waals surface area contributed by atoms with Crippen molar-refractivity contribution in [2.75, 3.05) is 19.6 Å². The molecular weight excluding hydrogens is 258 g/mol. The molecule has 116 valence electrons. The van der Waals surface area contributed by atoms with E-state index in [-0.39, 0.29) is 18.0 Å². The van der Waals surface area contributed by atoms with Crippen LogP contribution in [0.4, 0.5) is 4.79 Å². The molecule has 2 amide bonds. The quantitative estimate of drug-likeness (QED) is 0.814. The van der Waals surface area contributed by atoms with Crippen molar-refractivity contribution in [3.05, 3.63) is 0 Å². The minimum Gasteiger partial charge on any atom is -0.444 e. The maximum Gasteiger partial charge on any atom is 0.407 e. The third-order valence-corrected chi connectivity index (χ3v) is 3.16. The Labute approximate surface area is 121 Å². The minimum atomic E-state index is -0.483. The molecule has 0 aromatic rings. The Morgan fingerprint density at radius 1 is 1.30 bits per heavy atom. The van der Waals surface area contributed by atoms with Crippen molar-refractivity contribution in [3.8, 4) is 0 Å². The largest absolute Gasteiger partial charge is 0.444 e. The Morgan fingerprint density at radius 2 is 1.90 bits per heavy atom. The number of hydrogen-bond donors (Lipinski definition) is 2. The third kappa shape index (κ3) is 6.23. The van der Waals surface area contributed by atoms with Gasteiger partial charge in [-0.2, -0.15) is 0 Å². The molecule has 0 aromatic heterocycles. The molecule has 3 N–H and O–H groups in total. The molecule has 20 heavy (non-hydrogen) atoms. The highest BCUT2D eigenvalue weighted by Crippen LogP contribution is 2.13. The van der Waals surface area contributed by atoms with Crippen LogP contribution in [0.25, 0.3) is 0 Å². The van der Waals surface area contributed by atoms with E-state index in [2.05, 4.69) is 5.32 Å².